The van der Waals surface area contributed by atoms with E-state index in [0.717, 1.165) is 0 Å². The molecule has 1 atom stereocenters. The number of aromatic nitrogens is 2. The summed E-state index contributed by atoms with van der Waals surface area (Å²) in [6.07, 6.45) is 2.70. The van der Waals surface area contributed by atoms with E-state index in [4.69, 9.17) is 10.4 Å². The van der Waals surface area contributed by atoms with Gasteiger partial charge in [0, 0.05) is 13.1 Å². The smallest absolute Gasteiger partial charge is 0.356 e. The molecule has 0 bridgehead atoms. The van der Waals surface area contributed by atoms with Crippen LogP contribution in [0.2, 0.25) is 0 Å². The zero-order valence-electron chi connectivity index (χ0n) is 9.79. The van der Waals surface area contributed by atoms with Crippen LogP contribution in [0.4, 0.5) is 5.82 Å². The lowest BCUT2D eigenvalue weighted by Crippen LogP contribution is -2.29. The number of carboxylic acids is 1. The normalized spacial score (nSPS) is 11.6. The monoisotopic (exact) mass is 234 g/mol. The number of nitrogens with zero attached hydrogens (tertiary/aromatic N) is 4. The summed E-state index contributed by atoms with van der Waals surface area (Å²) in [5.41, 5.74) is -0.0921. The first-order chi connectivity index (χ1) is 8.08. The van der Waals surface area contributed by atoms with Crippen LogP contribution >= 0.6 is 0 Å². The molecule has 1 N–H and O–H groups in total. The molecule has 0 saturated heterocycles. The minimum absolute atomic E-state index is 0.0921. The van der Waals surface area contributed by atoms with Gasteiger partial charge in [-0.25, -0.2) is 9.78 Å². The van der Waals surface area contributed by atoms with Crippen LogP contribution in [-0.2, 0) is 0 Å². The topological polar surface area (TPSA) is 90.1 Å². The lowest BCUT2D eigenvalue weighted by atomic mass is 10.2. The average Bonchev–Trinajstić information content (AvgIpc) is 2.35. The third-order valence-corrected chi connectivity index (χ3v) is 2.26. The van der Waals surface area contributed by atoms with Crippen molar-refractivity contribution in [2.24, 2.45) is 5.92 Å². The Kier molecular flexibility index (Phi) is 4.40. The van der Waals surface area contributed by atoms with Crippen molar-refractivity contribution in [3.63, 3.8) is 0 Å². The molecule has 0 aliphatic heterocycles. The van der Waals surface area contributed by atoms with Crippen LogP contribution in [-0.4, -0.2) is 34.1 Å². The standard InChI is InChI=1S/C11H14N4O2/c1-3-15(7-8(2)4-12)10-6-13-5-9(14-10)11(16)17/h5-6,8H,3,7H2,1-2H3,(H,16,17). The van der Waals surface area contributed by atoms with Gasteiger partial charge in [0.1, 0.15) is 5.82 Å². The lowest BCUT2D eigenvalue weighted by molar-refractivity contribution is 0.0690. The van der Waals surface area contributed by atoms with Crippen LogP contribution in [0.3, 0.4) is 0 Å². The maximum absolute atomic E-state index is 10.8. The van der Waals surface area contributed by atoms with Crippen molar-refractivity contribution < 1.29 is 9.90 Å². The minimum Gasteiger partial charge on any atom is -0.476 e. The number of hydrogen-bond acceptors (Lipinski definition) is 5. The SMILES string of the molecule is CCN(CC(C)C#N)c1cncc(C(=O)O)n1. The Morgan fingerprint density at radius 2 is 2.35 bits per heavy atom. The predicted octanol–water partition coefficient (Wildman–Crippen LogP) is 1.16. The van der Waals surface area contributed by atoms with E-state index in [1.807, 2.05) is 11.8 Å². The van der Waals surface area contributed by atoms with Gasteiger partial charge in [-0.3, -0.25) is 4.98 Å². The van der Waals surface area contributed by atoms with E-state index in [1.165, 1.54) is 12.4 Å². The lowest BCUT2D eigenvalue weighted by Gasteiger charge is -2.22. The molecule has 1 heterocycles. The van der Waals surface area contributed by atoms with Gasteiger partial charge in [-0.1, -0.05) is 0 Å². The first kappa shape index (κ1) is 12.9. The number of nitriles is 1. The summed E-state index contributed by atoms with van der Waals surface area (Å²) in [5.74, 6) is -0.775. The summed E-state index contributed by atoms with van der Waals surface area (Å²) in [6.45, 7) is 4.87. The van der Waals surface area contributed by atoms with E-state index in [-0.39, 0.29) is 11.6 Å². The Morgan fingerprint density at radius 3 is 2.88 bits per heavy atom. The molecule has 0 amide bonds. The Labute approximate surface area is 99.5 Å². The van der Waals surface area contributed by atoms with Gasteiger partial charge in [0.25, 0.3) is 0 Å². The van der Waals surface area contributed by atoms with Crippen molar-refractivity contribution in [1.82, 2.24) is 9.97 Å². The summed E-state index contributed by atoms with van der Waals surface area (Å²) >= 11 is 0. The third kappa shape index (κ3) is 3.41. The molecule has 0 spiro atoms. The zero-order chi connectivity index (χ0) is 12.8. The van der Waals surface area contributed by atoms with Gasteiger partial charge in [-0.15, -0.1) is 0 Å². The second-order valence-electron chi connectivity index (χ2n) is 3.64. The average molecular weight is 234 g/mol. The van der Waals surface area contributed by atoms with Crippen molar-refractivity contribution in [1.29, 1.82) is 5.26 Å². The van der Waals surface area contributed by atoms with Gasteiger partial charge in [-0.2, -0.15) is 5.26 Å². The maximum Gasteiger partial charge on any atom is 0.356 e. The highest BCUT2D eigenvalue weighted by molar-refractivity contribution is 5.85. The molecule has 90 valence electrons. The van der Waals surface area contributed by atoms with E-state index in [1.54, 1.807) is 6.92 Å². The fourth-order valence-electron chi connectivity index (χ4n) is 1.37. The largest absolute Gasteiger partial charge is 0.476 e. The molecule has 1 aromatic heterocycles. The Morgan fingerprint density at radius 1 is 1.65 bits per heavy atom. The van der Waals surface area contributed by atoms with Crippen molar-refractivity contribution in [3.05, 3.63) is 18.1 Å². The number of carbonyl (C=O) groups is 1. The number of hydrogen-bond donors (Lipinski definition) is 1. The van der Waals surface area contributed by atoms with Crippen molar-refractivity contribution in [3.8, 4) is 6.07 Å². The molecule has 0 radical (unpaired) electrons. The van der Waals surface area contributed by atoms with Crippen molar-refractivity contribution in [2.45, 2.75) is 13.8 Å². The van der Waals surface area contributed by atoms with Gasteiger partial charge in [0.15, 0.2) is 5.69 Å². The minimum atomic E-state index is -1.11. The van der Waals surface area contributed by atoms with Gasteiger partial charge in [-0.05, 0) is 13.8 Å². The van der Waals surface area contributed by atoms with Crippen LogP contribution in [0.5, 0.6) is 0 Å². The molecule has 0 aliphatic carbocycles. The van der Waals surface area contributed by atoms with Crippen LogP contribution < -0.4 is 4.90 Å². The van der Waals surface area contributed by atoms with E-state index in [2.05, 4.69) is 16.0 Å². The summed E-state index contributed by atoms with van der Waals surface area (Å²) in [4.78, 5) is 20.4. The van der Waals surface area contributed by atoms with E-state index >= 15 is 0 Å². The molecule has 0 aromatic carbocycles. The Hall–Kier alpha value is -2.16. The fraction of sp³-hybridized carbons (Fsp3) is 0.455. The van der Waals surface area contributed by atoms with Crippen molar-refractivity contribution >= 4 is 11.8 Å². The van der Waals surface area contributed by atoms with Gasteiger partial charge in [0.05, 0.1) is 24.4 Å². The third-order valence-electron chi connectivity index (χ3n) is 2.26. The summed E-state index contributed by atoms with van der Waals surface area (Å²) < 4.78 is 0. The molecular formula is C11H14N4O2. The molecule has 0 saturated carbocycles. The number of anilines is 1. The Balaban J connectivity index is 2.92. The van der Waals surface area contributed by atoms with Crippen LogP contribution in [0.25, 0.3) is 0 Å². The van der Waals surface area contributed by atoms with E-state index in [9.17, 15) is 4.79 Å². The quantitative estimate of drug-likeness (QED) is 0.822. The second-order valence-corrected chi connectivity index (χ2v) is 3.64. The molecule has 1 aromatic rings. The second kappa shape index (κ2) is 5.80. The predicted molar refractivity (Wildman–Crippen MR) is 61.7 cm³/mol. The van der Waals surface area contributed by atoms with Crippen molar-refractivity contribution in [2.75, 3.05) is 18.0 Å². The molecule has 0 aliphatic rings. The molecular weight excluding hydrogens is 220 g/mol. The Bertz CT molecular complexity index is 441. The number of rotatable bonds is 5. The highest BCUT2D eigenvalue weighted by atomic mass is 16.4. The summed E-state index contributed by atoms with van der Waals surface area (Å²) in [5, 5.41) is 17.6. The van der Waals surface area contributed by atoms with E-state index < -0.39 is 5.97 Å². The fourth-order valence-corrected chi connectivity index (χ4v) is 1.37. The number of carboxylic acid groups (broad SMARTS) is 1. The van der Waals surface area contributed by atoms with Gasteiger partial charge in [0.2, 0.25) is 0 Å². The van der Waals surface area contributed by atoms with Crippen LogP contribution in [0.15, 0.2) is 12.4 Å². The van der Waals surface area contributed by atoms with Gasteiger partial charge < -0.3 is 10.0 Å². The van der Waals surface area contributed by atoms with Crippen LogP contribution in [0, 0.1) is 17.2 Å². The molecule has 1 unspecified atom stereocenters. The first-order valence-electron chi connectivity index (χ1n) is 5.28. The number of aromatic carboxylic acids is 1. The molecule has 6 heteroatoms. The molecule has 6 nitrogen and oxygen atoms in total. The van der Waals surface area contributed by atoms with Gasteiger partial charge >= 0.3 is 5.97 Å². The summed E-state index contributed by atoms with van der Waals surface area (Å²) in [7, 11) is 0. The first-order valence-corrected chi connectivity index (χ1v) is 5.28. The molecule has 1 rings (SSSR count). The molecule has 0 fully saturated rings. The molecule has 17 heavy (non-hydrogen) atoms. The zero-order valence-corrected chi connectivity index (χ0v) is 9.79. The highest BCUT2D eigenvalue weighted by Gasteiger charge is 2.13. The van der Waals surface area contributed by atoms with Crippen LogP contribution in [0.1, 0.15) is 24.3 Å². The maximum atomic E-state index is 10.8. The highest BCUT2D eigenvalue weighted by Crippen LogP contribution is 2.11. The summed E-state index contributed by atoms with van der Waals surface area (Å²) in [6, 6.07) is 2.13. The van der Waals surface area contributed by atoms with E-state index in [0.29, 0.717) is 18.9 Å².